The maximum Gasteiger partial charge on any atom is 0.0443 e. The molecule has 0 unspecified atom stereocenters. The molecule has 0 amide bonds. The maximum absolute atomic E-state index is 3.49. The summed E-state index contributed by atoms with van der Waals surface area (Å²) in [6.07, 6.45) is 0. The van der Waals surface area contributed by atoms with Gasteiger partial charge in [-0.1, -0.05) is 56.2 Å². The Morgan fingerprint density at radius 2 is 1.09 bits per heavy atom. The lowest BCUT2D eigenvalue weighted by atomic mass is 10.0. The molecular formula is C28H26S2Si2. The molecule has 0 atom stereocenters. The van der Waals surface area contributed by atoms with E-state index in [4.69, 9.17) is 0 Å². The topological polar surface area (TPSA) is 0 Å². The third-order valence-corrected chi connectivity index (χ3v) is 9.87. The van der Waals surface area contributed by atoms with Crippen LogP contribution in [-0.2, 0) is 0 Å². The van der Waals surface area contributed by atoms with Crippen molar-refractivity contribution in [1.29, 1.82) is 0 Å². The van der Waals surface area contributed by atoms with E-state index in [0.717, 1.165) is 23.2 Å². The fraction of sp³-hybridized carbons (Fsp3) is 0.214. The van der Waals surface area contributed by atoms with Crippen LogP contribution in [0.4, 0.5) is 0 Å². The van der Waals surface area contributed by atoms with Crippen LogP contribution < -0.4 is 0 Å². The Hall–Kier alpha value is -2.35. The van der Waals surface area contributed by atoms with Crippen LogP contribution in [0.3, 0.4) is 0 Å². The number of rotatable bonds is 2. The molecule has 5 aromatic rings. The van der Waals surface area contributed by atoms with Gasteiger partial charge in [0, 0.05) is 81.2 Å². The van der Waals surface area contributed by atoms with E-state index in [-0.39, 0.29) is 0 Å². The molecule has 2 aromatic heterocycles. The zero-order chi connectivity index (χ0) is 22.2. The summed E-state index contributed by atoms with van der Waals surface area (Å²) in [5.41, 5.74) is 2.20. The monoisotopic (exact) mass is 482 g/mol. The van der Waals surface area contributed by atoms with E-state index >= 15 is 0 Å². The lowest BCUT2D eigenvalue weighted by Gasteiger charge is -2.00. The molecule has 0 saturated heterocycles. The van der Waals surface area contributed by atoms with Crippen molar-refractivity contribution in [3.8, 4) is 23.7 Å². The molecule has 0 nitrogen and oxygen atoms in total. The largest absolute Gasteiger partial charge is 0.135 e. The van der Waals surface area contributed by atoms with Gasteiger partial charge < -0.3 is 0 Å². The molecule has 0 saturated carbocycles. The minimum absolute atomic E-state index is 0.677. The quantitative estimate of drug-likeness (QED) is 0.176. The Morgan fingerprint density at radius 3 is 1.75 bits per heavy atom. The van der Waals surface area contributed by atoms with Crippen LogP contribution in [0, 0.1) is 23.7 Å². The molecule has 2 heterocycles. The first-order chi connectivity index (χ1) is 15.5. The number of fused-ring (bicyclic) bond motifs is 6. The van der Waals surface area contributed by atoms with E-state index in [1.807, 2.05) is 22.7 Å². The Morgan fingerprint density at radius 1 is 0.594 bits per heavy atom. The standard InChI is InChI=1S/C28H26S2Si2/c1-31(2)13-7-9-19-15-22-24-18-27-23(21-11-5-6-12-25(21)29-27)17-28(24)30-26(22)16-20(19)10-8-14-32(3)4/h5-6,11-12,15-18,31-32H,13-14H2,1-4H3. The summed E-state index contributed by atoms with van der Waals surface area (Å²) in [6, 6.07) is 20.2. The minimum atomic E-state index is -0.685. The van der Waals surface area contributed by atoms with E-state index in [0.29, 0.717) is 0 Å². The number of hydrogen-bond donors (Lipinski definition) is 0. The van der Waals surface area contributed by atoms with E-state index in [9.17, 15) is 0 Å². The SMILES string of the molecule is C[SiH](C)CC#Cc1cc2sc3cc4c(cc3c2cc1C#CC[SiH](C)C)sc1ccccc14. The van der Waals surface area contributed by atoms with Crippen LogP contribution in [0.25, 0.3) is 40.3 Å². The Bertz CT molecular complexity index is 1590. The molecule has 5 rings (SSSR count). The molecule has 158 valence electrons. The molecule has 0 aliphatic heterocycles. The molecule has 0 radical (unpaired) electrons. The van der Waals surface area contributed by atoms with Gasteiger partial charge in [-0.3, -0.25) is 0 Å². The highest BCUT2D eigenvalue weighted by Crippen LogP contribution is 2.42. The van der Waals surface area contributed by atoms with Gasteiger partial charge in [0.25, 0.3) is 0 Å². The highest BCUT2D eigenvalue weighted by atomic mass is 32.1. The summed E-state index contributed by atoms with van der Waals surface area (Å²) in [5.74, 6) is 13.9. The van der Waals surface area contributed by atoms with Gasteiger partial charge in [0.15, 0.2) is 0 Å². The van der Waals surface area contributed by atoms with Gasteiger partial charge in [-0.05, 0) is 30.3 Å². The third-order valence-electron chi connectivity index (χ3n) is 5.58. The van der Waals surface area contributed by atoms with Crippen LogP contribution in [0.2, 0.25) is 38.3 Å². The lowest BCUT2D eigenvalue weighted by molar-refractivity contribution is 1.63. The van der Waals surface area contributed by atoms with Crippen molar-refractivity contribution in [3.63, 3.8) is 0 Å². The summed E-state index contributed by atoms with van der Waals surface area (Å²) >= 11 is 3.77. The number of benzene rings is 3. The summed E-state index contributed by atoms with van der Waals surface area (Å²) in [4.78, 5) is 0. The van der Waals surface area contributed by atoms with Gasteiger partial charge >= 0.3 is 0 Å². The molecule has 3 aromatic carbocycles. The summed E-state index contributed by atoms with van der Waals surface area (Å²) in [5, 5.41) is 5.40. The first-order valence-corrected chi connectivity index (χ1v) is 19.2. The minimum Gasteiger partial charge on any atom is -0.135 e. The highest BCUT2D eigenvalue weighted by Gasteiger charge is 2.12. The lowest BCUT2D eigenvalue weighted by Crippen LogP contribution is -1.96. The molecule has 0 spiro atoms. The van der Waals surface area contributed by atoms with Crippen molar-refractivity contribution in [2.24, 2.45) is 0 Å². The van der Waals surface area contributed by atoms with Crippen molar-refractivity contribution in [3.05, 3.63) is 59.7 Å². The second-order valence-corrected chi connectivity index (χ2v) is 17.8. The van der Waals surface area contributed by atoms with Crippen molar-refractivity contribution in [2.75, 3.05) is 0 Å². The van der Waals surface area contributed by atoms with Gasteiger partial charge in [0.05, 0.1) is 0 Å². The predicted octanol–water partition coefficient (Wildman–Crippen LogP) is 8.10. The van der Waals surface area contributed by atoms with Crippen molar-refractivity contribution in [2.45, 2.75) is 38.3 Å². The zero-order valence-electron chi connectivity index (χ0n) is 19.0. The van der Waals surface area contributed by atoms with Gasteiger partial charge in [-0.25, -0.2) is 0 Å². The van der Waals surface area contributed by atoms with Gasteiger partial charge in [-0.2, -0.15) is 0 Å². The number of thiophene rings is 2. The van der Waals surface area contributed by atoms with Crippen molar-refractivity contribution >= 4 is 80.6 Å². The van der Waals surface area contributed by atoms with Crippen molar-refractivity contribution in [1.82, 2.24) is 0 Å². The van der Waals surface area contributed by atoms with Crippen LogP contribution >= 0.6 is 22.7 Å². The van der Waals surface area contributed by atoms with Gasteiger partial charge in [-0.15, -0.1) is 34.5 Å². The first-order valence-electron chi connectivity index (χ1n) is 11.3. The first kappa shape index (κ1) is 21.5. The smallest absolute Gasteiger partial charge is 0.0443 e. The summed E-state index contributed by atoms with van der Waals surface area (Å²) < 4.78 is 5.39. The van der Waals surface area contributed by atoms with E-state index in [1.165, 1.54) is 40.3 Å². The Balaban J connectivity index is 1.72. The maximum atomic E-state index is 3.49. The average molecular weight is 483 g/mol. The fourth-order valence-electron chi connectivity index (χ4n) is 3.95. The normalized spacial score (nSPS) is 11.4. The molecule has 0 N–H and O–H groups in total. The Kier molecular flexibility index (Phi) is 5.97. The van der Waals surface area contributed by atoms with Crippen LogP contribution in [0.1, 0.15) is 11.1 Å². The molecule has 0 aliphatic rings. The highest BCUT2D eigenvalue weighted by molar-refractivity contribution is 7.27. The molecule has 0 fully saturated rings. The van der Waals surface area contributed by atoms with Gasteiger partial charge in [0.2, 0.25) is 0 Å². The predicted molar refractivity (Wildman–Crippen MR) is 153 cm³/mol. The van der Waals surface area contributed by atoms with Crippen LogP contribution in [0.5, 0.6) is 0 Å². The fourth-order valence-corrected chi connectivity index (χ4v) is 7.24. The second-order valence-electron chi connectivity index (χ2n) is 9.24. The Labute approximate surface area is 201 Å². The molecule has 4 heteroatoms. The molecule has 0 aliphatic carbocycles. The third kappa shape index (κ3) is 4.17. The van der Waals surface area contributed by atoms with Crippen LogP contribution in [-0.4, -0.2) is 17.6 Å². The molecular weight excluding hydrogens is 457 g/mol. The van der Waals surface area contributed by atoms with E-state index in [2.05, 4.69) is 98.4 Å². The van der Waals surface area contributed by atoms with Gasteiger partial charge in [0.1, 0.15) is 0 Å². The average Bonchev–Trinajstić information content (AvgIpc) is 3.28. The summed E-state index contributed by atoms with van der Waals surface area (Å²) in [7, 11) is -1.36. The number of hydrogen-bond acceptors (Lipinski definition) is 2. The molecule has 32 heavy (non-hydrogen) atoms. The zero-order valence-corrected chi connectivity index (χ0v) is 22.9. The van der Waals surface area contributed by atoms with E-state index in [1.54, 1.807) is 0 Å². The molecule has 0 bridgehead atoms. The summed E-state index contributed by atoms with van der Waals surface area (Å²) in [6.45, 7) is 9.42. The second kappa shape index (κ2) is 8.89. The van der Waals surface area contributed by atoms with Crippen LogP contribution in [0.15, 0.2) is 48.5 Å². The van der Waals surface area contributed by atoms with E-state index < -0.39 is 17.6 Å². The van der Waals surface area contributed by atoms with Crippen molar-refractivity contribution < 1.29 is 0 Å².